The summed E-state index contributed by atoms with van der Waals surface area (Å²) in [5.41, 5.74) is 3.17. The Labute approximate surface area is 171 Å². The number of ether oxygens (including phenoxy) is 1. The predicted octanol–water partition coefficient (Wildman–Crippen LogP) is 4.59. The first-order valence-electron chi connectivity index (χ1n) is 9.34. The van der Waals surface area contributed by atoms with E-state index >= 15 is 0 Å². The number of hydrogen-bond donors (Lipinski definition) is 1. The predicted molar refractivity (Wildman–Crippen MR) is 108 cm³/mol. The average Bonchev–Trinajstić information content (AvgIpc) is 3.39. The second kappa shape index (κ2) is 7.04. The van der Waals surface area contributed by atoms with Crippen LogP contribution in [0.4, 0.5) is 4.79 Å². The van der Waals surface area contributed by atoms with Crippen LogP contribution in [0.15, 0.2) is 69.2 Å². The van der Waals surface area contributed by atoms with Crippen molar-refractivity contribution in [2.75, 3.05) is 0 Å². The SMILES string of the molecule is Cc1oc(-c2ccccc2)nc1Cc1cc2cc(C=C3OC(=O)NC3=O)ccc2o1. The number of benzene rings is 2. The molecule has 0 spiro atoms. The van der Waals surface area contributed by atoms with Gasteiger partial charge in [0.05, 0.1) is 12.1 Å². The van der Waals surface area contributed by atoms with Gasteiger partial charge in [-0.2, -0.15) is 0 Å². The van der Waals surface area contributed by atoms with Crippen molar-refractivity contribution in [1.29, 1.82) is 0 Å². The highest BCUT2D eigenvalue weighted by molar-refractivity contribution is 6.10. The van der Waals surface area contributed by atoms with E-state index in [0.717, 1.165) is 33.7 Å². The van der Waals surface area contributed by atoms with E-state index in [1.165, 1.54) is 6.08 Å². The molecule has 1 aliphatic rings. The van der Waals surface area contributed by atoms with Crippen LogP contribution in [0.1, 0.15) is 22.8 Å². The Bertz CT molecular complexity index is 1310. The van der Waals surface area contributed by atoms with Gasteiger partial charge in [-0.1, -0.05) is 24.3 Å². The third kappa shape index (κ3) is 3.37. The standard InChI is InChI=1S/C23H16N2O5/c1-13-18(24-22(28-13)15-5-3-2-4-6-15)12-17-11-16-9-14(7-8-19(16)29-17)10-20-21(26)25-23(27)30-20/h2-11H,12H2,1H3,(H,25,26,27). The third-order valence-corrected chi connectivity index (χ3v) is 4.79. The molecule has 0 unspecified atom stereocenters. The van der Waals surface area contributed by atoms with Crippen LogP contribution in [0.3, 0.4) is 0 Å². The zero-order chi connectivity index (χ0) is 20.7. The molecule has 0 radical (unpaired) electrons. The van der Waals surface area contributed by atoms with Crippen molar-refractivity contribution in [1.82, 2.24) is 10.3 Å². The molecule has 3 heterocycles. The Hall–Kier alpha value is -4.13. The molecule has 0 atom stereocenters. The smallest absolute Gasteiger partial charge is 0.419 e. The minimum Gasteiger partial charge on any atom is -0.461 e. The molecule has 2 aromatic heterocycles. The number of hydrogen-bond acceptors (Lipinski definition) is 6. The monoisotopic (exact) mass is 400 g/mol. The number of oxazole rings is 1. The van der Waals surface area contributed by atoms with Crippen LogP contribution in [-0.4, -0.2) is 17.0 Å². The van der Waals surface area contributed by atoms with Gasteiger partial charge >= 0.3 is 6.09 Å². The highest BCUT2D eigenvalue weighted by atomic mass is 16.6. The number of alkyl carbamates (subject to hydrolysis) is 1. The van der Waals surface area contributed by atoms with E-state index in [-0.39, 0.29) is 5.76 Å². The molecule has 1 aliphatic heterocycles. The van der Waals surface area contributed by atoms with Gasteiger partial charge in [0, 0.05) is 10.9 Å². The lowest BCUT2D eigenvalue weighted by Crippen LogP contribution is -2.18. The number of carbonyl (C=O) groups is 2. The van der Waals surface area contributed by atoms with Gasteiger partial charge in [0.2, 0.25) is 5.89 Å². The Kier molecular flexibility index (Phi) is 4.21. The van der Waals surface area contributed by atoms with Gasteiger partial charge in [-0.3, -0.25) is 10.1 Å². The van der Waals surface area contributed by atoms with Crippen molar-refractivity contribution in [3.05, 3.63) is 83.1 Å². The third-order valence-electron chi connectivity index (χ3n) is 4.79. The molecule has 2 aromatic carbocycles. The number of rotatable bonds is 4. The van der Waals surface area contributed by atoms with Crippen molar-refractivity contribution < 1.29 is 23.2 Å². The first-order valence-corrected chi connectivity index (χ1v) is 9.34. The number of carbonyl (C=O) groups excluding carboxylic acids is 2. The molecule has 7 heteroatoms. The number of nitrogens with one attached hydrogen (secondary N) is 1. The lowest BCUT2D eigenvalue weighted by atomic mass is 10.1. The fourth-order valence-electron chi connectivity index (χ4n) is 3.33. The minimum atomic E-state index is -0.768. The summed E-state index contributed by atoms with van der Waals surface area (Å²) in [4.78, 5) is 27.4. The Morgan fingerprint density at radius 3 is 2.63 bits per heavy atom. The number of aromatic nitrogens is 1. The molecule has 4 aromatic rings. The fourth-order valence-corrected chi connectivity index (χ4v) is 3.33. The van der Waals surface area contributed by atoms with Crippen LogP contribution in [0.2, 0.25) is 0 Å². The Morgan fingerprint density at radius 1 is 1.03 bits per heavy atom. The van der Waals surface area contributed by atoms with E-state index in [1.807, 2.05) is 55.5 Å². The van der Waals surface area contributed by atoms with Crippen molar-refractivity contribution >= 4 is 29.0 Å². The summed E-state index contributed by atoms with van der Waals surface area (Å²) in [6.45, 7) is 1.88. The number of cyclic esters (lactones) is 1. The normalized spacial score (nSPS) is 15.0. The molecule has 0 aliphatic carbocycles. The maximum absolute atomic E-state index is 11.6. The summed E-state index contributed by atoms with van der Waals surface area (Å²) in [5, 5.41) is 2.94. The highest BCUT2D eigenvalue weighted by Crippen LogP contribution is 2.27. The van der Waals surface area contributed by atoms with Gasteiger partial charge in [-0.05, 0) is 48.9 Å². The van der Waals surface area contributed by atoms with Gasteiger partial charge in [-0.25, -0.2) is 9.78 Å². The Morgan fingerprint density at radius 2 is 1.87 bits per heavy atom. The number of imide groups is 1. The first kappa shape index (κ1) is 17.9. The second-order valence-corrected chi connectivity index (χ2v) is 6.93. The van der Waals surface area contributed by atoms with E-state index in [1.54, 1.807) is 6.07 Å². The van der Waals surface area contributed by atoms with E-state index in [0.29, 0.717) is 17.9 Å². The maximum atomic E-state index is 11.6. The molecule has 148 valence electrons. The van der Waals surface area contributed by atoms with Crippen LogP contribution in [0.5, 0.6) is 0 Å². The molecule has 7 nitrogen and oxygen atoms in total. The van der Waals surface area contributed by atoms with Gasteiger partial charge in [0.25, 0.3) is 5.91 Å². The van der Waals surface area contributed by atoms with Gasteiger partial charge in [0.1, 0.15) is 17.1 Å². The van der Waals surface area contributed by atoms with Crippen LogP contribution in [0, 0.1) is 6.92 Å². The number of amides is 2. The molecule has 0 saturated carbocycles. The van der Waals surface area contributed by atoms with Gasteiger partial charge < -0.3 is 13.6 Å². The summed E-state index contributed by atoms with van der Waals surface area (Å²) in [5.74, 6) is 1.49. The Balaban J connectivity index is 1.41. The number of nitrogens with zero attached hydrogens (tertiary/aromatic N) is 1. The van der Waals surface area contributed by atoms with Crippen LogP contribution < -0.4 is 5.32 Å². The largest absolute Gasteiger partial charge is 0.461 e. The van der Waals surface area contributed by atoms with E-state index in [2.05, 4.69) is 10.3 Å². The lowest BCUT2D eigenvalue weighted by Gasteiger charge is -1.95. The molecular weight excluding hydrogens is 384 g/mol. The summed E-state index contributed by atoms with van der Waals surface area (Å²) in [7, 11) is 0. The minimum absolute atomic E-state index is 0.0327. The molecule has 1 N–H and O–H groups in total. The zero-order valence-electron chi connectivity index (χ0n) is 16.0. The van der Waals surface area contributed by atoms with E-state index in [9.17, 15) is 9.59 Å². The van der Waals surface area contributed by atoms with Crippen LogP contribution in [-0.2, 0) is 16.0 Å². The number of aryl methyl sites for hydroxylation is 1. The molecule has 30 heavy (non-hydrogen) atoms. The van der Waals surface area contributed by atoms with E-state index in [4.69, 9.17) is 13.6 Å². The van der Waals surface area contributed by atoms with Crippen molar-refractivity contribution in [2.24, 2.45) is 0 Å². The van der Waals surface area contributed by atoms with Crippen molar-refractivity contribution in [2.45, 2.75) is 13.3 Å². The quantitative estimate of drug-likeness (QED) is 0.503. The summed E-state index contributed by atoms with van der Waals surface area (Å²) in [6.07, 6.45) is 1.24. The molecule has 0 bridgehead atoms. The van der Waals surface area contributed by atoms with Crippen molar-refractivity contribution in [3.63, 3.8) is 0 Å². The first-order chi connectivity index (χ1) is 14.5. The zero-order valence-corrected chi connectivity index (χ0v) is 16.0. The van der Waals surface area contributed by atoms with Crippen LogP contribution in [0.25, 0.3) is 28.5 Å². The second-order valence-electron chi connectivity index (χ2n) is 6.93. The summed E-state index contributed by atoms with van der Waals surface area (Å²) in [6, 6.07) is 17.1. The van der Waals surface area contributed by atoms with Crippen LogP contribution >= 0.6 is 0 Å². The van der Waals surface area contributed by atoms with Crippen molar-refractivity contribution in [3.8, 4) is 11.5 Å². The van der Waals surface area contributed by atoms with Gasteiger partial charge in [-0.15, -0.1) is 0 Å². The van der Waals surface area contributed by atoms with E-state index < -0.39 is 12.0 Å². The molecule has 1 saturated heterocycles. The molecule has 2 amide bonds. The fraction of sp³-hybridized carbons (Fsp3) is 0.0870. The topological polar surface area (TPSA) is 94.6 Å². The van der Waals surface area contributed by atoms with Gasteiger partial charge in [0.15, 0.2) is 5.76 Å². The lowest BCUT2D eigenvalue weighted by molar-refractivity contribution is -0.116. The average molecular weight is 400 g/mol. The molecule has 1 fully saturated rings. The maximum Gasteiger partial charge on any atom is 0.419 e. The summed E-state index contributed by atoms with van der Waals surface area (Å²) < 4.78 is 16.6. The highest BCUT2D eigenvalue weighted by Gasteiger charge is 2.26. The number of fused-ring (bicyclic) bond motifs is 1. The number of furan rings is 1. The molecule has 5 rings (SSSR count). The molecular formula is C23H16N2O5. The summed E-state index contributed by atoms with van der Waals surface area (Å²) >= 11 is 0.